The summed E-state index contributed by atoms with van der Waals surface area (Å²) in [7, 11) is 1.66. The van der Waals surface area contributed by atoms with Gasteiger partial charge in [-0.1, -0.05) is 11.6 Å². The van der Waals surface area contributed by atoms with Crippen LogP contribution in [0.1, 0.15) is 5.56 Å². The highest BCUT2D eigenvalue weighted by molar-refractivity contribution is 6.30. The number of hydrogen-bond donors (Lipinski definition) is 1. The van der Waals surface area contributed by atoms with Crippen molar-refractivity contribution >= 4 is 11.6 Å². The number of halogens is 1. The Morgan fingerprint density at radius 2 is 2.33 bits per heavy atom. The molecule has 5 heteroatoms. The van der Waals surface area contributed by atoms with Gasteiger partial charge in [-0.3, -0.25) is 4.68 Å². The first-order chi connectivity index (χ1) is 8.79. The third kappa shape index (κ3) is 3.48. The number of rotatable bonds is 6. The van der Waals surface area contributed by atoms with E-state index < -0.39 is 0 Å². The second kappa shape index (κ2) is 6.42. The molecule has 0 aliphatic carbocycles. The molecular weight excluding hydrogens is 250 g/mol. The number of aromatic nitrogens is 2. The quantitative estimate of drug-likeness (QED) is 0.815. The van der Waals surface area contributed by atoms with Gasteiger partial charge in [0.1, 0.15) is 5.75 Å². The van der Waals surface area contributed by atoms with Gasteiger partial charge in [0.05, 0.1) is 13.7 Å². The first-order valence-corrected chi connectivity index (χ1v) is 6.18. The minimum Gasteiger partial charge on any atom is -0.496 e. The molecule has 2 rings (SSSR count). The Balaban J connectivity index is 1.84. The molecule has 1 heterocycles. The summed E-state index contributed by atoms with van der Waals surface area (Å²) in [5, 5.41) is 8.20. The van der Waals surface area contributed by atoms with Gasteiger partial charge in [-0.05, 0) is 24.3 Å². The first-order valence-electron chi connectivity index (χ1n) is 5.80. The normalized spacial score (nSPS) is 10.6. The van der Waals surface area contributed by atoms with E-state index in [0.717, 1.165) is 36.0 Å². The minimum absolute atomic E-state index is 0.722. The van der Waals surface area contributed by atoms with Crippen molar-refractivity contribution in [1.29, 1.82) is 0 Å². The zero-order valence-electron chi connectivity index (χ0n) is 10.3. The predicted octanol–water partition coefficient (Wildman–Crippen LogP) is 2.33. The molecule has 4 nitrogen and oxygen atoms in total. The van der Waals surface area contributed by atoms with E-state index in [1.807, 2.05) is 35.1 Å². The lowest BCUT2D eigenvalue weighted by molar-refractivity contribution is 0.407. The summed E-state index contributed by atoms with van der Waals surface area (Å²) in [5.74, 6) is 0.853. The van der Waals surface area contributed by atoms with Gasteiger partial charge in [0.25, 0.3) is 0 Å². The molecule has 1 aromatic heterocycles. The summed E-state index contributed by atoms with van der Waals surface area (Å²) < 4.78 is 7.18. The van der Waals surface area contributed by atoms with Gasteiger partial charge in [0, 0.05) is 36.1 Å². The molecule has 18 heavy (non-hydrogen) atoms. The Kier molecular flexibility index (Phi) is 4.61. The molecule has 0 radical (unpaired) electrons. The van der Waals surface area contributed by atoms with Gasteiger partial charge in [0.15, 0.2) is 0 Å². The van der Waals surface area contributed by atoms with Crippen LogP contribution in [0.2, 0.25) is 5.02 Å². The molecule has 0 unspecified atom stereocenters. The SMILES string of the molecule is COc1ccc(Cl)cc1CNCCn1cccn1. The van der Waals surface area contributed by atoms with Crippen molar-refractivity contribution in [3.63, 3.8) is 0 Å². The van der Waals surface area contributed by atoms with Gasteiger partial charge in [-0.2, -0.15) is 5.10 Å². The fourth-order valence-corrected chi connectivity index (χ4v) is 1.93. The number of hydrogen-bond acceptors (Lipinski definition) is 3. The summed E-state index contributed by atoms with van der Waals surface area (Å²) in [5.41, 5.74) is 1.06. The second-order valence-corrected chi connectivity index (χ2v) is 4.34. The molecule has 0 saturated carbocycles. The fraction of sp³-hybridized carbons (Fsp3) is 0.308. The Bertz CT molecular complexity index is 485. The fourth-order valence-electron chi connectivity index (χ4n) is 1.73. The van der Waals surface area contributed by atoms with E-state index in [9.17, 15) is 0 Å². The van der Waals surface area contributed by atoms with Crippen LogP contribution in [0, 0.1) is 0 Å². The van der Waals surface area contributed by atoms with Crippen molar-refractivity contribution in [2.45, 2.75) is 13.1 Å². The van der Waals surface area contributed by atoms with E-state index >= 15 is 0 Å². The highest BCUT2D eigenvalue weighted by Gasteiger charge is 2.03. The summed E-state index contributed by atoms with van der Waals surface area (Å²) >= 11 is 5.97. The number of methoxy groups -OCH3 is 1. The Hall–Kier alpha value is -1.52. The highest BCUT2D eigenvalue weighted by Crippen LogP contribution is 2.22. The number of benzene rings is 1. The van der Waals surface area contributed by atoms with Gasteiger partial charge in [-0.25, -0.2) is 0 Å². The Morgan fingerprint density at radius 3 is 3.06 bits per heavy atom. The van der Waals surface area contributed by atoms with Crippen LogP contribution in [0.25, 0.3) is 0 Å². The van der Waals surface area contributed by atoms with Crippen LogP contribution in [0.4, 0.5) is 0 Å². The van der Waals surface area contributed by atoms with Crippen molar-refractivity contribution in [3.8, 4) is 5.75 Å². The van der Waals surface area contributed by atoms with Crippen molar-refractivity contribution < 1.29 is 4.74 Å². The molecular formula is C13H16ClN3O. The van der Waals surface area contributed by atoms with E-state index in [0.29, 0.717) is 0 Å². The highest BCUT2D eigenvalue weighted by atomic mass is 35.5. The zero-order chi connectivity index (χ0) is 12.8. The van der Waals surface area contributed by atoms with E-state index in [-0.39, 0.29) is 0 Å². The third-order valence-corrected chi connectivity index (χ3v) is 2.87. The van der Waals surface area contributed by atoms with Crippen molar-refractivity contribution in [2.24, 2.45) is 0 Å². The Morgan fingerprint density at radius 1 is 1.44 bits per heavy atom. The van der Waals surface area contributed by atoms with Gasteiger partial charge < -0.3 is 10.1 Å². The van der Waals surface area contributed by atoms with E-state index in [2.05, 4.69) is 10.4 Å². The monoisotopic (exact) mass is 265 g/mol. The van der Waals surface area contributed by atoms with Crippen LogP contribution in [-0.2, 0) is 13.1 Å². The minimum atomic E-state index is 0.722. The Labute approximate surface area is 112 Å². The molecule has 0 amide bonds. The summed E-state index contributed by atoms with van der Waals surface area (Å²) in [6.07, 6.45) is 3.72. The maximum Gasteiger partial charge on any atom is 0.123 e. The molecule has 0 saturated heterocycles. The van der Waals surface area contributed by atoms with Crippen molar-refractivity contribution in [3.05, 3.63) is 47.2 Å². The van der Waals surface area contributed by atoms with Crippen molar-refractivity contribution in [1.82, 2.24) is 15.1 Å². The van der Waals surface area contributed by atoms with E-state index in [1.54, 1.807) is 13.3 Å². The van der Waals surface area contributed by atoms with Crippen LogP contribution in [-0.4, -0.2) is 23.4 Å². The van der Waals surface area contributed by atoms with Gasteiger partial charge in [0.2, 0.25) is 0 Å². The average molecular weight is 266 g/mol. The van der Waals surface area contributed by atoms with Crippen LogP contribution in [0.3, 0.4) is 0 Å². The smallest absolute Gasteiger partial charge is 0.123 e. The molecule has 0 aliphatic rings. The second-order valence-electron chi connectivity index (χ2n) is 3.90. The molecule has 0 aliphatic heterocycles. The number of ether oxygens (including phenoxy) is 1. The topological polar surface area (TPSA) is 39.1 Å². The lowest BCUT2D eigenvalue weighted by atomic mass is 10.2. The maximum absolute atomic E-state index is 5.97. The van der Waals surface area contributed by atoms with E-state index in [1.165, 1.54) is 0 Å². The maximum atomic E-state index is 5.97. The average Bonchev–Trinajstić information content (AvgIpc) is 2.88. The van der Waals surface area contributed by atoms with Crippen LogP contribution >= 0.6 is 11.6 Å². The van der Waals surface area contributed by atoms with Crippen LogP contribution in [0.5, 0.6) is 5.75 Å². The summed E-state index contributed by atoms with van der Waals surface area (Å²) in [6.45, 7) is 2.41. The van der Waals surface area contributed by atoms with Crippen LogP contribution in [0.15, 0.2) is 36.7 Å². The molecule has 0 bridgehead atoms. The van der Waals surface area contributed by atoms with E-state index in [4.69, 9.17) is 16.3 Å². The van der Waals surface area contributed by atoms with Crippen molar-refractivity contribution in [2.75, 3.05) is 13.7 Å². The lowest BCUT2D eigenvalue weighted by Crippen LogP contribution is -2.20. The van der Waals surface area contributed by atoms with Crippen LogP contribution < -0.4 is 10.1 Å². The molecule has 2 aromatic rings. The molecule has 1 N–H and O–H groups in total. The molecule has 96 valence electrons. The zero-order valence-corrected chi connectivity index (χ0v) is 11.0. The molecule has 0 atom stereocenters. The summed E-state index contributed by atoms with van der Waals surface area (Å²) in [6, 6.07) is 7.54. The first kappa shape index (κ1) is 12.9. The summed E-state index contributed by atoms with van der Waals surface area (Å²) in [4.78, 5) is 0. The number of nitrogens with zero attached hydrogens (tertiary/aromatic N) is 2. The van der Waals surface area contributed by atoms with Gasteiger partial charge >= 0.3 is 0 Å². The predicted molar refractivity (Wildman–Crippen MR) is 71.9 cm³/mol. The third-order valence-electron chi connectivity index (χ3n) is 2.63. The molecule has 0 spiro atoms. The van der Waals surface area contributed by atoms with Gasteiger partial charge in [-0.15, -0.1) is 0 Å². The number of nitrogens with one attached hydrogen (secondary N) is 1. The largest absolute Gasteiger partial charge is 0.496 e. The molecule has 1 aromatic carbocycles. The standard InChI is InChI=1S/C13H16ClN3O/c1-18-13-4-3-12(14)9-11(13)10-15-6-8-17-7-2-5-16-17/h2-5,7,9,15H,6,8,10H2,1H3. The lowest BCUT2D eigenvalue weighted by Gasteiger charge is -2.10. The molecule has 0 fully saturated rings.